The van der Waals surface area contributed by atoms with E-state index in [1.54, 1.807) is 18.2 Å². The van der Waals surface area contributed by atoms with E-state index in [0.717, 1.165) is 0 Å². The third-order valence-corrected chi connectivity index (χ3v) is 3.34. The van der Waals surface area contributed by atoms with Crippen molar-refractivity contribution in [3.05, 3.63) is 34.1 Å². The molecule has 0 radical (unpaired) electrons. The number of hydrogen-bond acceptors (Lipinski definition) is 7. The lowest BCUT2D eigenvalue weighted by Gasteiger charge is -2.11. The van der Waals surface area contributed by atoms with E-state index in [0.29, 0.717) is 15.7 Å². The molecule has 122 valence electrons. The van der Waals surface area contributed by atoms with Crippen LogP contribution in [0.1, 0.15) is 24.5 Å². The van der Waals surface area contributed by atoms with Gasteiger partial charge in [0.25, 0.3) is 0 Å². The Hall–Kier alpha value is -2.12. The summed E-state index contributed by atoms with van der Waals surface area (Å²) in [4.78, 5) is 24.0. The van der Waals surface area contributed by atoms with Crippen LogP contribution in [0.2, 0.25) is 10.0 Å². The molecule has 0 atom stereocenters. The van der Waals surface area contributed by atoms with Crippen LogP contribution >= 0.6 is 23.2 Å². The van der Waals surface area contributed by atoms with Crippen molar-refractivity contribution in [1.82, 2.24) is 15.0 Å². The molecule has 1 heterocycles. The molecule has 0 saturated heterocycles. The first-order valence-corrected chi connectivity index (χ1v) is 7.47. The molecule has 2 rings (SSSR count). The van der Waals surface area contributed by atoms with Crippen LogP contribution in [0.3, 0.4) is 0 Å². The number of rotatable bonds is 5. The van der Waals surface area contributed by atoms with Gasteiger partial charge in [0.2, 0.25) is 17.7 Å². The molecule has 0 aliphatic rings. The highest BCUT2D eigenvalue weighted by Gasteiger charge is 2.15. The quantitative estimate of drug-likeness (QED) is 0.792. The first-order chi connectivity index (χ1) is 10.9. The monoisotopic (exact) mass is 355 g/mol. The Morgan fingerprint density at radius 1 is 1.13 bits per heavy atom. The zero-order valence-corrected chi connectivity index (χ0v) is 14.2. The number of nitrogens with one attached hydrogen (secondary N) is 2. The van der Waals surface area contributed by atoms with Crippen LogP contribution in [0, 0.1) is 0 Å². The molecule has 1 aromatic carbocycles. The summed E-state index contributed by atoms with van der Waals surface area (Å²) in [5, 5.41) is 6.79. The van der Waals surface area contributed by atoms with Crippen LogP contribution in [0.4, 0.5) is 17.6 Å². The number of carbonyl (C=O) groups excluding carboxylic acids is 1. The fourth-order valence-electron chi connectivity index (χ4n) is 1.64. The van der Waals surface area contributed by atoms with Crippen LogP contribution in [0.15, 0.2) is 18.2 Å². The fourth-order valence-corrected chi connectivity index (χ4v) is 1.94. The number of benzene rings is 1. The average molecular weight is 356 g/mol. The maximum absolute atomic E-state index is 11.7. The zero-order valence-electron chi connectivity index (χ0n) is 12.7. The zero-order chi connectivity index (χ0) is 17.0. The summed E-state index contributed by atoms with van der Waals surface area (Å²) in [5.41, 5.74) is 0.622. The van der Waals surface area contributed by atoms with Gasteiger partial charge in [0.15, 0.2) is 0 Å². The van der Waals surface area contributed by atoms with Gasteiger partial charge in [0.1, 0.15) is 0 Å². The molecule has 23 heavy (non-hydrogen) atoms. The van der Waals surface area contributed by atoms with E-state index < -0.39 is 5.97 Å². The van der Waals surface area contributed by atoms with Crippen molar-refractivity contribution >= 4 is 46.8 Å². The Bertz CT molecular complexity index is 724. The second kappa shape index (κ2) is 7.43. The highest BCUT2D eigenvalue weighted by Crippen LogP contribution is 2.26. The normalized spacial score (nSPS) is 10.5. The van der Waals surface area contributed by atoms with E-state index >= 15 is 0 Å². The minimum absolute atomic E-state index is 0.0840. The first-order valence-electron chi connectivity index (χ1n) is 6.72. The summed E-state index contributed by atoms with van der Waals surface area (Å²) in [7, 11) is 1.26. The lowest BCUT2D eigenvalue weighted by Crippen LogP contribution is -2.17. The van der Waals surface area contributed by atoms with Crippen LogP contribution in [-0.2, 0) is 4.74 Å². The molecule has 0 aliphatic carbocycles. The van der Waals surface area contributed by atoms with E-state index in [2.05, 4.69) is 30.3 Å². The third kappa shape index (κ3) is 4.67. The fraction of sp³-hybridized carbons (Fsp3) is 0.286. The molecule has 7 nitrogen and oxygen atoms in total. The topological polar surface area (TPSA) is 89.0 Å². The van der Waals surface area contributed by atoms with E-state index in [-0.39, 0.29) is 23.8 Å². The predicted octanol–water partition coefficient (Wildman–Crippen LogP) is 3.53. The smallest absolute Gasteiger partial charge is 0.376 e. The number of methoxy groups -OCH3 is 1. The summed E-state index contributed by atoms with van der Waals surface area (Å²) in [6.07, 6.45) is 0. The van der Waals surface area contributed by atoms with Gasteiger partial charge >= 0.3 is 5.97 Å². The van der Waals surface area contributed by atoms with E-state index in [9.17, 15) is 4.79 Å². The van der Waals surface area contributed by atoms with Gasteiger partial charge in [-0.05, 0) is 32.0 Å². The lowest BCUT2D eigenvalue weighted by atomic mass is 10.3. The van der Waals surface area contributed by atoms with Gasteiger partial charge in [0.05, 0.1) is 17.2 Å². The SMILES string of the molecule is COC(=O)c1nc(Nc2ccc(Cl)c(Cl)c2)nc(NC(C)C)n1. The lowest BCUT2D eigenvalue weighted by molar-refractivity contribution is 0.0586. The Labute approximate surface area is 143 Å². The maximum Gasteiger partial charge on any atom is 0.376 e. The number of aromatic nitrogens is 3. The van der Waals surface area contributed by atoms with Crippen molar-refractivity contribution in [3.63, 3.8) is 0 Å². The summed E-state index contributed by atoms with van der Waals surface area (Å²) < 4.78 is 4.65. The number of esters is 1. The Morgan fingerprint density at radius 3 is 2.43 bits per heavy atom. The molecule has 1 aromatic heterocycles. The molecule has 0 bridgehead atoms. The molecule has 0 spiro atoms. The van der Waals surface area contributed by atoms with Crippen LogP contribution < -0.4 is 10.6 Å². The van der Waals surface area contributed by atoms with Crippen molar-refractivity contribution in [1.29, 1.82) is 0 Å². The predicted molar refractivity (Wildman–Crippen MR) is 89.7 cm³/mol. The Morgan fingerprint density at radius 2 is 1.83 bits per heavy atom. The van der Waals surface area contributed by atoms with E-state index in [1.807, 2.05) is 13.8 Å². The molecule has 2 aromatic rings. The number of anilines is 3. The summed E-state index contributed by atoms with van der Waals surface area (Å²) in [6.45, 7) is 3.85. The van der Waals surface area contributed by atoms with Gasteiger partial charge in [-0.2, -0.15) is 15.0 Å². The van der Waals surface area contributed by atoms with Crippen molar-refractivity contribution in [2.75, 3.05) is 17.7 Å². The first kappa shape index (κ1) is 17.2. The minimum atomic E-state index is -0.656. The molecule has 0 unspecified atom stereocenters. The highest BCUT2D eigenvalue weighted by molar-refractivity contribution is 6.42. The number of ether oxygens (including phenoxy) is 1. The van der Waals surface area contributed by atoms with E-state index in [4.69, 9.17) is 23.2 Å². The molecule has 0 aliphatic heterocycles. The third-order valence-electron chi connectivity index (χ3n) is 2.60. The summed E-state index contributed by atoms with van der Waals surface area (Å²) in [5.74, 6) is -0.315. The van der Waals surface area contributed by atoms with Crippen molar-refractivity contribution in [2.24, 2.45) is 0 Å². The second-order valence-corrected chi connectivity index (χ2v) is 5.67. The van der Waals surface area contributed by atoms with Crippen molar-refractivity contribution < 1.29 is 9.53 Å². The average Bonchev–Trinajstić information content (AvgIpc) is 2.49. The molecular weight excluding hydrogens is 341 g/mol. The number of nitrogens with zero attached hydrogens (tertiary/aromatic N) is 3. The van der Waals surface area contributed by atoms with E-state index in [1.165, 1.54) is 7.11 Å². The number of halogens is 2. The van der Waals surface area contributed by atoms with Crippen LogP contribution in [-0.4, -0.2) is 34.1 Å². The molecule has 0 fully saturated rings. The number of hydrogen-bond donors (Lipinski definition) is 2. The van der Waals surface area contributed by atoms with Gasteiger partial charge < -0.3 is 15.4 Å². The summed E-state index contributed by atoms with van der Waals surface area (Å²) in [6, 6.07) is 5.06. The van der Waals surface area contributed by atoms with Gasteiger partial charge in [-0.3, -0.25) is 0 Å². The highest BCUT2D eigenvalue weighted by atomic mass is 35.5. The minimum Gasteiger partial charge on any atom is -0.463 e. The van der Waals surface area contributed by atoms with Gasteiger partial charge in [-0.25, -0.2) is 4.79 Å². The molecular formula is C14H15Cl2N5O2. The van der Waals surface area contributed by atoms with Crippen molar-refractivity contribution in [2.45, 2.75) is 19.9 Å². The van der Waals surface area contributed by atoms with Gasteiger partial charge in [0, 0.05) is 11.7 Å². The van der Waals surface area contributed by atoms with Crippen molar-refractivity contribution in [3.8, 4) is 0 Å². The van der Waals surface area contributed by atoms with Crippen LogP contribution in [0.25, 0.3) is 0 Å². The summed E-state index contributed by atoms with van der Waals surface area (Å²) >= 11 is 11.9. The molecule has 2 N–H and O–H groups in total. The van der Waals surface area contributed by atoms with Gasteiger partial charge in [-0.15, -0.1) is 0 Å². The maximum atomic E-state index is 11.7. The number of carbonyl (C=O) groups is 1. The Balaban J connectivity index is 2.35. The largest absolute Gasteiger partial charge is 0.463 e. The molecule has 0 saturated carbocycles. The van der Waals surface area contributed by atoms with Gasteiger partial charge in [-0.1, -0.05) is 23.2 Å². The van der Waals surface area contributed by atoms with Crippen LogP contribution in [0.5, 0.6) is 0 Å². The molecule has 0 amide bonds. The second-order valence-electron chi connectivity index (χ2n) is 4.85. The standard InChI is InChI=1S/C14H15Cl2N5O2/c1-7(2)17-13-19-11(12(22)23-3)20-14(21-13)18-8-4-5-9(15)10(16)6-8/h4-7H,1-3H3,(H2,17,18,19,20,21). The Kier molecular flexibility index (Phi) is 5.57. The molecule has 9 heteroatoms.